The minimum Gasteiger partial charge on any atom is -0.468 e. The summed E-state index contributed by atoms with van der Waals surface area (Å²) < 4.78 is 33.3. The lowest BCUT2D eigenvalue weighted by molar-refractivity contribution is -0.141. The molecular formula is C16H20N4O4S. The molecule has 2 heterocycles. The third kappa shape index (κ3) is 4.06. The summed E-state index contributed by atoms with van der Waals surface area (Å²) in [7, 11) is -2.45. The van der Waals surface area contributed by atoms with Crippen molar-refractivity contribution in [2.45, 2.75) is 23.9 Å². The highest BCUT2D eigenvalue weighted by molar-refractivity contribution is 7.89. The van der Waals surface area contributed by atoms with Crippen molar-refractivity contribution in [3.63, 3.8) is 0 Å². The number of carbonyl (C=O) groups excluding carboxylic acids is 1. The van der Waals surface area contributed by atoms with Gasteiger partial charge in [-0.05, 0) is 24.1 Å². The van der Waals surface area contributed by atoms with Crippen molar-refractivity contribution < 1.29 is 17.9 Å². The molecule has 0 saturated carbocycles. The molecule has 1 aromatic heterocycles. The van der Waals surface area contributed by atoms with Crippen molar-refractivity contribution in [1.29, 1.82) is 0 Å². The molecule has 3 rings (SSSR count). The average molecular weight is 364 g/mol. The number of benzene rings is 1. The van der Waals surface area contributed by atoms with Crippen molar-refractivity contribution in [1.82, 2.24) is 19.8 Å². The summed E-state index contributed by atoms with van der Waals surface area (Å²) in [6.07, 6.45) is 3.45. The van der Waals surface area contributed by atoms with Crippen LogP contribution in [0.15, 0.2) is 41.6 Å². The molecule has 1 aliphatic rings. The van der Waals surface area contributed by atoms with Gasteiger partial charge in [0.05, 0.1) is 13.3 Å². The molecule has 2 aromatic rings. The minimum atomic E-state index is -3.71. The molecule has 0 aliphatic carbocycles. The van der Waals surface area contributed by atoms with E-state index < -0.39 is 16.0 Å². The highest BCUT2D eigenvalue weighted by atomic mass is 32.2. The highest BCUT2D eigenvalue weighted by Crippen LogP contribution is 2.22. The Bertz CT molecular complexity index is 863. The highest BCUT2D eigenvalue weighted by Gasteiger charge is 2.23. The van der Waals surface area contributed by atoms with E-state index >= 15 is 0 Å². The van der Waals surface area contributed by atoms with Crippen LogP contribution in [-0.2, 0) is 32.5 Å². The van der Waals surface area contributed by atoms with Gasteiger partial charge in [0, 0.05) is 18.8 Å². The molecule has 0 spiro atoms. The van der Waals surface area contributed by atoms with E-state index in [-0.39, 0.29) is 24.0 Å². The van der Waals surface area contributed by atoms with Crippen LogP contribution in [0.5, 0.6) is 0 Å². The molecule has 0 fully saturated rings. The lowest BCUT2D eigenvalue weighted by Crippen LogP contribution is -2.38. The van der Waals surface area contributed by atoms with Gasteiger partial charge in [0.1, 0.15) is 11.4 Å². The molecule has 0 saturated heterocycles. The van der Waals surface area contributed by atoms with Crippen molar-refractivity contribution in [2.75, 3.05) is 20.2 Å². The summed E-state index contributed by atoms with van der Waals surface area (Å²) in [5, 5.41) is 7.21. The maximum Gasteiger partial charge on any atom is 0.327 e. The van der Waals surface area contributed by atoms with Crippen LogP contribution in [0.3, 0.4) is 0 Å². The van der Waals surface area contributed by atoms with Crippen LogP contribution in [0, 0.1) is 0 Å². The Hall–Kier alpha value is -2.23. The van der Waals surface area contributed by atoms with E-state index in [4.69, 9.17) is 0 Å². The van der Waals surface area contributed by atoms with Gasteiger partial charge in [-0.2, -0.15) is 5.10 Å². The predicted molar refractivity (Wildman–Crippen MR) is 90.3 cm³/mol. The molecule has 1 atom stereocenters. The number of esters is 1. The largest absolute Gasteiger partial charge is 0.468 e. The second-order valence-electron chi connectivity index (χ2n) is 5.76. The van der Waals surface area contributed by atoms with Crippen LogP contribution in [0.4, 0.5) is 0 Å². The summed E-state index contributed by atoms with van der Waals surface area (Å²) in [6, 6.07) is 7.93. The average Bonchev–Trinajstić information content (AvgIpc) is 3.09. The van der Waals surface area contributed by atoms with Crippen LogP contribution in [0.1, 0.15) is 17.2 Å². The van der Waals surface area contributed by atoms with Crippen LogP contribution < -0.4 is 10.0 Å². The van der Waals surface area contributed by atoms with Gasteiger partial charge in [-0.25, -0.2) is 13.1 Å². The Kier molecular flexibility index (Phi) is 5.16. The first-order chi connectivity index (χ1) is 12.0. The standard InChI is InChI=1S/C16H20N4O4S/c1-24-16(21)11-20-10-13(8-18-20)25(22,23)19-9-15-14-5-3-2-4-12(14)6-7-17-15/h2-5,8,10,15,17,19H,6-7,9,11H2,1H3. The first-order valence-electron chi connectivity index (χ1n) is 7.90. The lowest BCUT2D eigenvalue weighted by Gasteiger charge is -2.27. The Morgan fingerprint density at radius 2 is 2.24 bits per heavy atom. The van der Waals surface area contributed by atoms with Gasteiger partial charge in [0.15, 0.2) is 0 Å². The molecule has 0 amide bonds. The second kappa shape index (κ2) is 7.34. The Labute approximate surface area is 146 Å². The van der Waals surface area contributed by atoms with Crippen molar-refractivity contribution >= 4 is 16.0 Å². The van der Waals surface area contributed by atoms with E-state index in [0.29, 0.717) is 0 Å². The van der Waals surface area contributed by atoms with Gasteiger partial charge in [0.2, 0.25) is 10.0 Å². The fourth-order valence-corrected chi connectivity index (χ4v) is 3.82. The summed E-state index contributed by atoms with van der Waals surface area (Å²) in [5.41, 5.74) is 2.34. The molecule has 2 N–H and O–H groups in total. The fourth-order valence-electron chi connectivity index (χ4n) is 2.82. The number of hydrogen-bond acceptors (Lipinski definition) is 6. The third-order valence-electron chi connectivity index (χ3n) is 4.13. The molecule has 25 heavy (non-hydrogen) atoms. The van der Waals surface area contributed by atoms with E-state index in [2.05, 4.69) is 25.9 Å². The number of carbonyl (C=O) groups is 1. The van der Waals surface area contributed by atoms with Gasteiger partial charge < -0.3 is 10.1 Å². The number of aromatic nitrogens is 2. The van der Waals surface area contributed by atoms with Crippen molar-refractivity contribution in [2.24, 2.45) is 0 Å². The topological polar surface area (TPSA) is 102 Å². The summed E-state index contributed by atoms with van der Waals surface area (Å²) in [6.45, 7) is 0.908. The van der Waals surface area contributed by atoms with Gasteiger partial charge in [0.25, 0.3) is 0 Å². The number of rotatable bonds is 6. The fraction of sp³-hybridized carbons (Fsp3) is 0.375. The van der Waals surface area contributed by atoms with E-state index in [0.717, 1.165) is 18.5 Å². The van der Waals surface area contributed by atoms with E-state index in [1.165, 1.54) is 29.7 Å². The number of sulfonamides is 1. The molecule has 0 bridgehead atoms. The molecule has 9 heteroatoms. The van der Waals surface area contributed by atoms with E-state index in [1.54, 1.807) is 0 Å². The quantitative estimate of drug-likeness (QED) is 0.711. The summed E-state index contributed by atoms with van der Waals surface area (Å²) in [5.74, 6) is -0.497. The molecule has 1 unspecified atom stereocenters. The summed E-state index contributed by atoms with van der Waals surface area (Å²) in [4.78, 5) is 11.2. The molecule has 1 aromatic carbocycles. The molecule has 8 nitrogen and oxygen atoms in total. The Balaban J connectivity index is 1.68. The van der Waals surface area contributed by atoms with Crippen LogP contribution in [0.2, 0.25) is 0 Å². The first-order valence-corrected chi connectivity index (χ1v) is 9.38. The normalized spacial score (nSPS) is 17.1. The number of nitrogens with one attached hydrogen (secondary N) is 2. The Morgan fingerprint density at radius 3 is 3.04 bits per heavy atom. The van der Waals surface area contributed by atoms with Crippen molar-refractivity contribution in [3.8, 4) is 0 Å². The van der Waals surface area contributed by atoms with Gasteiger partial charge >= 0.3 is 5.97 Å². The van der Waals surface area contributed by atoms with Gasteiger partial charge in [-0.1, -0.05) is 24.3 Å². The molecule has 134 valence electrons. The second-order valence-corrected chi connectivity index (χ2v) is 7.52. The molecular weight excluding hydrogens is 344 g/mol. The first kappa shape index (κ1) is 17.6. The zero-order chi connectivity index (χ0) is 17.9. The van der Waals surface area contributed by atoms with Crippen molar-refractivity contribution in [3.05, 3.63) is 47.8 Å². The maximum absolute atomic E-state index is 12.4. The number of methoxy groups -OCH3 is 1. The zero-order valence-electron chi connectivity index (χ0n) is 13.8. The number of fused-ring (bicyclic) bond motifs is 1. The SMILES string of the molecule is COC(=O)Cn1cc(S(=O)(=O)NCC2NCCc3ccccc32)cn1. The number of hydrogen-bond donors (Lipinski definition) is 2. The maximum atomic E-state index is 12.4. The lowest BCUT2D eigenvalue weighted by atomic mass is 9.95. The zero-order valence-corrected chi connectivity index (χ0v) is 14.6. The Morgan fingerprint density at radius 1 is 1.44 bits per heavy atom. The molecule has 0 radical (unpaired) electrons. The van der Waals surface area contributed by atoms with Gasteiger partial charge in [-0.3, -0.25) is 9.48 Å². The third-order valence-corrected chi connectivity index (χ3v) is 5.51. The smallest absolute Gasteiger partial charge is 0.327 e. The number of nitrogens with zero attached hydrogens (tertiary/aromatic N) is 2. The van der Waals surface area contributed by atoms with Crippen LogP contribution >= 0.6 is 0 Å². The number of ether oxygens (including phenoxy) is 1. The van der Waals surface area contributed by atoms with Gasteiger partial charge in [-0.15, -0.1) is 0 Å². The van der Waals surface area contributed by atoms with Crippen LogP contribution in [-0.4, -0.2) is 44.4 Å². The minimum absolute atomic E-state index is 0.0143. The molecule has 1 aliphatic heterocycles. The summed E-state index contributed by atoms with van der Waals surface area (Å²) >= 11 is 0. The van der Waals surface area contributed by atoms with E-state index in [1.807, 2.05) is 18.2 Å². The van der Waals surface area contributed by atoms with Crippen LogP contribution in [0.25, 0.3) is 0 Å². The van der Waals surface area contributed by atoms with E-state index in [9.17, 15) is 13.2 Å². The monoisotopic (exact) mass is 364 g/mol. The predicted octanol–water partition coefficient (Wildman–Crippen LogP) is 0.221.